The number of fused-ring (bicyclic) bond motifs is 1. The number of hydrogen-bond acceptors (Lipinski definition) is 8. The summed E-state index contributed by atoms with van der Waals surface area (Å²) >= 11 is 13.8. The van der Waals surface area contributed by atoms with Crippen molar-refractivity contribution in [2.45, 2.75) is 44.7 Å². The van der Waals surface area contributed by atoms with E-state index in [0.29, 0.717) is 40.0 Å². The summed E-state index contributed by atoms with van der Waals surface area (Å²) in [5.74, 6) is -0.975. The molecule has 13 heteroatoms. The first kappa shape index (κ1) is 28.3. The van der Waals surface area contributed by atoms with Crippen LogP contribution in [0.3, 0.4) is 0 Å². The van der Waals surface area contributed by atoms with E-state index in [1.165, 1.54) is 17.4 Å². The van der Waals surface area contributed by atoms with Gasteiger partial charge in [-0.1, -0.05) is 29.3 Å². The van der Waals surface area contributed by atoms with Gasteiger partial charge in [-0.15, -0.1) is 11.3 Å². The van der Waals surface area contributed by atoms with E-state index in [-0.39, 0.29) is 42.8 Å². The third-order valence-corrected chi connectivity index (χ3v) is 8.74. The number of amides is 1. The first-order valence-electron chi connectivity index (χ1n) is 12.2. The van der Waals surface area contributed by atoms with Gasteiger partial charge >= 0.3 is 10.1 Å². The number of benzene rings is 2. The van der Waals surface area contributed by atoms with E-state index >= 15 is 0 Å². The van der Waals surface area contributed by atoms with Crippen molar-refractivity contribution in [1.29, 1.82) is 0 Å². The second-order valence-corrected chi connectivity index (χ2v) is 12.7. The fourth-order valence-electron chi connectivity index (χ4n) is 4.64. The van der Waals surface area contributed by atoms with Crippen molar-refractivity contribution in [3.63, 3.8) is 0 Å². The number of aromatic nitrogens is 1. The molecule has 1 amide bonds. The maximum absolute atomic E-state index is 14.4. The average molecular weight is 616 g/mol. The van der Waals surface area contributed by atoms with Crippen molar-refractivity contribution in [2.75, 3.05) is 19.3 Å². The van der Waals surface area contributed by atoms with Crippen molar-refractivity contribution in [1.82, 2.24) is 9.88 Å². The zero-order chi connectivity index (χ0) is 27.7. The summed E-state index contributed by atoms with van der Waals surface area (Å²) in [5.41, 5.74) is 2.16. The smallest absolute Gasteiger partial charge is 0.306 e. The Morgan fingerprint density at radius 3 is 2.67 bits per heavy atom. The number of hydrogen-bond donors (Lipinski definition) is 0. The van der Waals surface area contributed by atoms with Crippen molar-refractivity contribution in [2.24, 2.45) is 0 Å². The molecule has 208 valence electrons. The van der Waals surface area contributed by atoms with E-state index in [1.54, 1.807) is 18.2 Å². The molecule has 1 atom stereocenters. The van der Waals surface area contributed by atoms with Crippen LogP contribution in [0, 0.1) is 5.82 Å². The quantitative estimate of drug-likeness (QED) is 0.332. The Kier molecular flexibility index (Phi) is 8.46. The fraction of sp³-hybridized carbons (Fsp3) is 0.385. The van der Waals surface area contributed by atoms with Crippen LogP contribution in [0.1, 0.15) is 52.4 Å². The van der Waals surface area contributed by atoms with Crippen LogP contribution in [-0.4, -0.2) is 43.6 Å². The Labute approximate surface area is 239 Å². The topological polar surface area (TPSA) is 95.0 Å². The number of piperidine rings is 1. The van der Waals surface area contributed by atoms with Gasteiger partial charge in [0, 0.05) is 40.0 Å². The van der Waals surface area contributed by atoms with Gasteiger partial charge < -0.3 is 18.6 Å². The number of thiazole rings is 1. The minimum atomic E-state index is -3.93. The minimum absolute atomic E-state index is 0.00734. The standard InChI is InChI=1S/C26H25Cl2FN2O6S2/c1-39(33,34)37-24-19-13-36-26(35-12-16(19)2-5-21(24)29)22-14-38-25(30-22)15-6-8-31(9-7-15)23(32)11-17-10-18(27)3-4-20(17)28/h2-5,10,14-15,26H,6-9,11-13H2,1H3. The molecule has 3 aromatic rings. The van der Waals surface area contributed by atoms with Gasteiger partial charge in [-0.25, -0.2) is 9.37 Å². The van der Waals surface area contributed by atoms with Crippen LogP contribution in [0.25, 0.3) is 0 Å². The monoisotopic (exact) mass is 614 g/mol. The summed E-state index contributed by atoms with van der Waals surface area (Å²) in [6, 6.07) is 7.77. The minimum Gasteiger partial charge on any atom is -0.379 e. The SMILES string of the molecule is CS(=O)(=O)Oc1c(F)ccc2c1COC(c1csc(C3CCN(C(=O)Cc4cc(Cl)ccc4Cl)CC3)n1)OC2. The lowest BCUT2D eigenvalue weighted by Gasteiger charge is -2.31. The van der Waals surface area contributed by atoms with Crippen LogP contribution in [0.4, 0.5) is 4.39 Å². The molecular weight excluding hydrogens is 590 g/mol. The normalized spacial score (nSPS) is 18.5. The van der Waals surface area contributed by atoms with Crippen LogP contribution >= 0.6 is 34.5 Å². The van der Waals surface area contributed by atoms with Gasteiger partial charge in [-0.3, -0.25) is 4.79 Å². The summed E-state index contributed by atoms with van der Waals surface area (Å²) < 4.78 is 54.2. The van der Waals surface area contributed by atoms with Gasteiger partial charge in [0.15, 0.2) is 11.6 Å². The third kappa shape index (κ3) is 6.72. The zero-order valence-corrected chi connectivity index (χ0v) is 24.0. The van der Waals surface area contributed by atoms with E-state index < -0.39 is 22.2 Å². The van der Waals surface area contributed by atoms with Gasteiger partial charge in [-0.05, 0) is 48.2 Å². The maximum Gasteiger partial charge on any atom is 0.306 e. The van der Waals surface area contributed by atoms with Crippen LogP contribution < -0.4 is 4.18 Å². The van der Waals surface area contributed by atoms with Crippen molar-refractivity contribution < 1.29 is 31.3 Å². The molecule has 0 aliphatic carbocycles. The lowest BCUT2D eigenvalue weighted by Crippen LogP contribution is -2.38. The molecule has 0 N–H and O–H groups in total. The molecule has 8 nitrogen and oxygen atoms in total. The molecule has 5 rings (SSSR count). The number of ether oxygens (including phenoxy) is 2. The van der Waals surface area contributed by atoms with Crippen LogP contribution in [0.5, 0.6) is 5.75 Å². The molecule has 39 heavy (non-hydrogen) atoms. The summed E-state index contributed by atoms with van der Waals surface area (Å²) in [4.78, 5) is 19.4. The summed E-state index contributed by atoms with van der Waals surface area (Å²) in [7, 11) is -3.93. The molecule has 0 bridgehead atoms. The number of halogens is 3. The Balaban J connectivity index is 1.20. The first-order valence-corrected chi connectivity index (χ1v) is 15.6. The van der Waals surface area contributed by atoms with Crippen LogP contribution in [0.2, 0.25) is 10.0 Å². The lowest BCUT2D eigenvalue weighted by molar-refractivity contribution is -0.155. The fourth-order valence-corrected chi connectivity index (χ4v) is 6.50. The number of carbonyl (C=O) groups is 1. The highest BCUT2D eigenvalue weighted by atomic mass is 35.5. The Hall–Kier alpha value is -2.28. The van der Waals surface area contributed by atoms with E-state index in [9.17, 15) is 17.6 Å². The number of likely N-dealkylation sites (tertiary alicyclic amines) is 1. The van der Waals surface area contributed by atoms with E-state index in [1.807, 2.05) is 10.3 Å². The Bertz CT molecular complexity index is 1490. The van der Waals surface area contributed by atoms with E-state index in [2.05, 4.69) is 0 Å². The van der Waals surface area contributed by atoms with Gasteiger partial charge in [0.05, 0.1) is 30.9 Å². The largest absolute Gasteiger partial charge is 0.379 e. The number of nitrogens with zero attached hydrogens (tertiary/aromatic N) is 2. The number of carbonyl (C=O) groups excluding carboxylic acids is 1. The molecule has 0 radical (unpaired) electrons. The maximum atomic E-state index is 14.4. The summed E-state index contributed by atoms with van der Waals surface area (Å²) in [6.07, 6.45) is 1.79. The van der Waals surface area contributed by atoms with Crippen molar-refractivity contribution in [3.8, 4) is 5.75 Å². The Morgan fingerprint density at radius 2 is 1.92 bits per heavy atom. The molecule has 1 unspecified atom stereocenters. The predicted octanol–water partition coefficient (Wildman–Crippen LogP) is 5.62. The molecule has 1 aromatic heterocycles. The van der Waals surface area contributed by atoms with E-state index in [0.717, 1.165) is 30.2 Å². The molecule has 1 fully saturated rings. The molecule has 2 aliphatic rings. The highest BCUT2D eigenvalue weighted by Gasteiger charge is 2.29. The first-order chi connectivity index (χ1) is 18.6. The highest BCUT2D eigenvalue weighted by molar-refractivity contribution is 7.86. The summed E-state index contributed by atoms with van der Waals surface area (Å²) in [5, 5.41) is 3.86. The summed E-state index contributed by atoms with van der Waals surface area (Å²) in [6.45, 7) is 1.19. The molecule has 0 saturated carbocycles. The van der Waals surface area contributed by atoms with Gasteiger partial charge in [0.1, 0.15) is 5.69 Å². The zero-order valence-electron chi connectivity index (χ0n) is 20.9. The molecule has 2 aromatic carbocycles. The molecule has 0 spiro atoms. The predicted molar refractivity (Wildman–Crippen MR) is 145 cm³/mol. The van der Waals surface area contributed by atoms with Gasteiger partial charge in [0.25, 0.3) is 0 Å². The molecule has 2 aliphatic heterocycles. The van der Waals surface area contributed by atoms with Crippen LogP contribution in [0.15, 0.2) is 35.7 Å². The molecule has 3 heterocycles. The molecule has 1 saturated heterocycles. The van der Waals surface area contributed by atoms with Crippen molar-refractivity contribution >= 4 is 50.6 Å². The van der Waals surface area contributed by atoms with Crippen LogP contribution in [-0.2, 0) is 44.0 Å². The van der Waals surface area contributed by atoms with Gasteiger partial charge in [-0.2, -0.15) is 8.42 Å². The van der Waals surface area contributed by atoms with Gasteiger partial charge in [0.2, 0.25) is 12.2 Å². The van der Waals surface area contributed by atoms with E-state index in [4.69, 9.17) is 41.8 Å². The second kappa shape index (κ2) is 11.7. The lowest BCUT2D eigenvalue weighted by atomic mass is 9.97. The van der Waals surface area contributed by atoms with Crippen molar-refractivity contribution in [3.05, 3.63) is 79.0 Å². The highest BCUT2D eigenvalue weighted by Crippen LogP contribution is 2.37. The second-order valence-electron chi connectivity index (χ2n) is 9.43. The number of rotatable bonds is 6. The average Bonchev–Trinajstić information content (AvgIpc) is 3.28. The molecular formula is C26H25Cl2FN2O6S2. The third-order valence-electron chi connectivity index (χ3n) is 6.64. The Morgan fingerprint density at radius 1 is 1.18 bits per heavy atom.